The van der Waals surface area contributed by atoms with Gasteiger partial charge in [0.2, 0.25) is 0 Å². The number of guanidine groups is 1. The number of hydrogen-bond donors (Lipinski definition) is 2. The van der Waals surface area contributed by atoms with Crippen LogP contribution in [-0.4, -0.2) is 86.1 Å². The molecule has 1 aliphatic carbocycles. The van der Waals surface area contributed by atoms with Crippen LogP contribution < -0.4 is 10.6 Å². The molecule has 0 radical (unpaired) electrons. The summed E-state index contributed by atoms with van der Waals surface area (Å²) in [6.45, 7) is 8.95. The van der Waals surface area contributed by atoms with Crippen molar-refractivity contribution in [2.75, 3.05) is 53.4 Å². The molecule has 2 aliphatic heterocycles. The molecule has 7 heteroatoms. The highest BCUT2D eigenvalue weighted by molar-refractivity contribution is 14.0. The summed E-state index contributed by atoms with van der Waals surface area (Å²) in [6, 6.07) is 10.4. The fourth-order valence-corrected chi connectivity index (χ4v) is 5.11. The minimum atomic E-state index is 0. The lowest BCUT2D eigenvalue weighted by molar-refractivity contribution is 0.148. The van der Waals surface area contributed by atoms with Gasteiger partial charge in [-0.15, -0.1) is 24.0 Å². The third kappa shape index (κ3) is 7.30. The molecule has 174 valence electrons. The lowest BCUT2D eigenvalue weighted by Gasteiger charge is -2.32. The third-order valence-electron chi connectivity index (χ3n) is 7.11. The largest absolute Gasteiger partial charge is 0.352 e. The van der Waals surface area contributed by atoms with Gasteiger partial charge in [0.25, 0.3) is 0 Å². The summed E-state index contributed by atoms with van der Waals surface area (Å²) in [6.07, 6.45) is 6.83. The van der Waals surface area contributed by atoms with Crippen molar-refractivity contribution in [1.82, 2.24) is 25.3 Å². The lowest BCUT2D eigenvalue weighted by atomic mass is 10.1. The average Bonchev–Trinajstić information content (AvgIpc) is 3.46. The van der Waals surface area contributed by atoms with Crippen LogP contribution in [-0.2, 0) is 13.1 Å². The Morgan fingerprint density at radius 2 is 1.65 bits per heavy atom. The first-order valence-electron chi connectivity index (χ1n) is 11.9. The Hall–Kier alpha value is -0.900. The molecule has 3 aliphatic rings. The van der Waals surface area contributed by atoms with E-state index in [1.807, 2.05) is 7.05 Å². The van der Waals surface area contributed by atoms with E-state index >= 15 is 0 Å². The van der Waals surface area contributed by atoms with E-state index in [1.165, 1.54) is 76.0 Å². The molecule has 1 saturated carbocycles. The summed E-state index contributed by atoms with van der Waals surface area (Å²) in [4.78, 5) is 12.1. The van der Waals surface area contributed by atoms with Crippen LogP contribution in [0.3, 0.4) is 0 Å². The van der Waals surface area contributed by atoms with E-state index in [1.54, 1.807) is 0 Å². The molecule has 2 saturated heterocycles. The SMILES string of the molecule is CN=C(NCc1ccc(CN2CCN(C)CC2)cc1)NC1CCN(C2CCCC2)C1.I. The van der Waals surface area contributed by atoms with Gasteiger partial charge in [-0.25, -0.2) is 0 Å². The number of nitrogens with one attached hydrogen (secondary N) is 2. The van der Waals surface area contributed by atoms with Crippen LogP contribution in [0.1, 0.15) is 43.2 Å². The molecule has 31 heavy (non-hydrogen) atoms. The summed E-state index contributed by atoms with van der Waals surface area (Å²) in [5.41, 5.74) is 2.71. The van der Waals surface area contributed by atoms with Gasteiger partial charge >= 0.3 is 0 Å². The van der Waals surface area contributed by atoms with Crippen molar-refractivity contribution in [1.29, 1.82) is 0 Å². The Bertz CT molecular complexity index is 680. The monoisotopic (exact) mass is 540 g/mol. The summed E-state index contributed by atoms with van der Waals surface area (Å²) < 4.78 is 0. The standard InChI is InChI=1S/C24H40N6.HI/c1-25-24(27-22-11-12-30(19-22)23-5-3-4-6-23)26-17-20-7-9-21(10-8-20)18-29-15-13-28(2)14-16-29;/h7-10,22-23H,3-6,11-19H2,1-2H3,(H2,25,26,27);1H. The summed E-state index contributed by atoms with van der Waals surface area (Å²) in [5.74, 6) is 0.926. The van der Waals surface area contributed by atoms with E-state index in [0.29, 0.717) is 6.04 Å². The number of aliphatic imine (C=N–C) groups is 1. The van der Waals surface area contributed by atoms with Crippen LogP contribution in [0.15, 0.2) is 29.3 Å². The van der Waals surface area contributed by atoms with Crippen molar-refractivity contribution < 1.29 is 0 Å². The quantitative estimate of drug-likeness (QED) is 0.330. The van der Waals surface area contributed by atoms with Gasteiger partial charge in [0.15, 0.2) is 5.96 Å². The predicted molar refractivity (Wildman–Crippen MR) is 140 cm³/mol. The summed E-state index contributed by atoms with van der Waals surface area (Å²) >= 11 is 0. The van der Waals surface area contributed by atoms with Gasteiger partial charge in [-0.1, -0.05) is 37.1 Å². The van der Waals surface area contributed by atoms with Crippen LogP contribution in [0.2, 0.25) is 0 Å². The second-order valence-electron chi connectivity index (χ2n) is 9.38. The fraction of sp³-hybridized carbons (Fsp3) is 0.708. The minimum absolute atomic E-state index is 0. The van der Waals surface area contributed by atoms with E-state index < -0.39 is 0 Å². The van der Waals surface area contributed by atoms with Crippen LogP contribution in [0.25, 0.3) is 0 Å². The fourth-order valence-electron chi connectivity index (χ4n) is 5.11. The zero-order valence-electron chi connectivity index (χ0n) is 19.4. The molecule has 2 N–H and O–H groups in total. The zero-order valence-corrected chi connectivity index (χ0v) is 21.7. The van der Waals surface area contributed by atoms with E-state index in [2.05, 4.69) is 61.6 Å². The van der Waals surface area contributed by atoms with Crippen molar-refractivity contribution >= 4 is 29.9 Å². The molecule has 4 rings (SSSR count). The van der Waals surface area contributed by atoms with Gasteiger partial charge in [0.1, 0.15) is 0 Å². The van der Waals surface area contributed by atoms with Crippen LogP contribution in [0.5, 0.6) is 0 Å². The second-order valence-corrected chi connectivity index (χ2v) is 9.38. The third-order valence-corrected chi connectivity index (χ3v) is 7.11. The number of hydrogen-bond acceptors (Lipinski definition) is 4. The number of piperazine rings is 1. The maximum atomic E-state index is 4.46. The Balaban J connectivity index is 0.00000272. The summed E-state index contributed by atoms with van der Waals surface area (Å²) in [5, 5.41) is 7.15. The van der Waals surface area contributed by atoms with Crippen LogP contribution in [0, 0.1) is 0 Å². The molecule has 2 heterocycles. The Labute approximate surface area is 205 Å². The maximum absolute atomic E-state index is 4.46. The van der Waals surface area contributed by atoms with Crippen molar-refractivity contribution in [3.63, 3.8) is 0 Å². The predicted octanol–water partition coefficient (Wildman–Crippen LogP) is 2.73. The number of nitrogens with zero attached hydrogens (tertiary/aromatic N) is 4. The van der Waals surface area contributed by atoms with Crippen molar-refractivity contribution in [2.24, 2.45) is 4.99 Å². The molecule has 1 aromatic carbocycles. The molecule has 0 bridgehead atoms. The van der Waals surface area contributed by atoms with Gasteiger partial charge in [-0.05, 0) is 37.4 Å². The van der Waals surface area contributed by atoms with E-state index in [9.17, 15) is 0 Å². The molecule has 1 aromatic rings. The minimum Gasteiger partial charge on any atom is -0.352 e. The highest BCUT2D eigenvalue weighted by atomic mass is 127. The highest BCUT2D eigenvalue weighted by Gasteiger charge is 2.30. The summed E-state index contributed by atoms with van der Waals surface area (Å²) in [7, 11) is 4.08. The van der Waals surface area contributed by atoms with E-state index in [0.717, 1.165) is 31.6 Å². The number of rotatable bonds is 6. The Morgan fingerprint density at radius 3 is 2.32 bits per heavy atom. The van der Waals surface area contributed by atoms with Crippen molar-refractivity contribution in [3.8, 4) is 0 Å². The first-order chi connectivity index (χ1) is 14.7. The molecular weight excluding hydrogens is 499 g/mol. The van der Waals surface area contributed by atoms with Gasteiger partial charge < -0.3 is 15.5 Å². The number of halogens is 1. The highest BCUT2D eigenvalue weighted by Crippen LogP contribution is 2.26. The molecule has 1 unspecified atom stereocenters. The second kappa shape index (κ2) is 12.4. The van der Waals surface area contributed by atoms with E-state index in [-0.39, 0.29) is 24.0 Å². The molecular formula is C24H41IN6. The molecule has 3 fully saturated rings. The lowest BCUT2D eigenvalue weighted by Crippen LogP contribution is -2.45. The van der Waals surface area contributed by atoms with Crippen LogP contribution >= 0.6 is 24.0 Å². The maximum Gasteiger partial charge on any atom is 0.191 e. The number of likely N-dealkylation sites (tertiary alicyclic amines) is 1. The number of benzene rings is 1. The normalized spacial score (nSPS) is 24.3. The van der Waals surface area contributed by atoms with E-state index in [4.69, 9.17) is 0 Å². The van der Waals surface area contributed by atoms with Crippen molar-refractivity contribution in [2.45, 2.75) is 57.3 Å². The van der Waals surface area contributed by atoms with Crippen LogP contribution in [0.4, 0.5) is 0 Å². The molecule has 6 nitrogen and oxygen atoms in total. The van der Waals surface area contributed by atoms with Gasteiger partial charge in [0, 0.05) is 71.5 Å². The molecule has 1 atom stereocenters. The molecule has 0 amide bonds. The Kier molecular flexibility index (Phi) is 9.87. The number of likely N-dealkylation sites (N-methyl/N-ethyl adjacent to an activating group) is 1. The van der Waals surface area contributed by atoms with Gasteiger partial charge in [-0.3, -0.25) is 14.8 Å². The average molecular weight is 541 g/mol. The Morgan fingerprint density at radius 1 is 0.968 bits per heavy atom. The zero-order chi connectivity index (χ0) is 20.8. The van der Waals surface area contributed by atoms with Crippen molar-refractivity contribution in [3.05, 3.63) is 35.4 Å². The first kappa shape index (κ1) is 24.7. The topological polar surface area (TPSA) is 46.1 Å². The molecule has 0 spiro atoms. The van der Waals surface area contributed by atoms with Gasteiger partial charge in [-0.2, -0.15) is 0 Å². The molecule has 0 aromatic heterocycles. The van der Waals surface area contributed by atoms with Gasteiger partial charge in [0.05, 0.1) is 0 Å². The first-order valence-corrected chi connectivity index (χ1v) is 11.9. The smallest absolute Gasteiger partial charge is 0.191 e.